The number of cyclic esters (lactones) is 1. The van der Waals surface area contributed by atoms with Crippen LogP contribution in [0.1, 0.15) is 50.3 Å². The second kappa shape index (κ2) is 11.6. The zero-order valence-electron chi connectivity index (χ0n) is 21.4. The van der Waals surface area contributed by atoms with Crippen molar-refractivity contribution in [2.75, 3.05) is 18.4 Å². The van der Waals surface area contributed by atoms with Gasteiger partial charge in [-0.15, -0.1) is 11.3 Å². The van der Waals surface area contributed by atoms with E-state index in [1.54, 1.807) is 13.0 Å². The van der Waals surface area contributed by atoms with Gasteiger partial charge in [0, 0.05) is 41.0 Å². The maximum atomic E-state index is 13.4. The standard InChI is InChI=1S/C26H25F3N6O4S/c1-2-30-25(37)35-20-9-17(24-34-19(13-40-24)26(27,28)29)18(11-31-20)16-8-14(22-33-12-21(36)39-22)10-32-23(16)38-15-6-4-3-5-7-15/h8-11,13,15H,2-7,12H2,1H3,(H2,30,31,35,37). The molecule has 0 aromatic carbocycles. The summed E-state index contributed by atoms with van der Waals surface area (Å²) in [5.74, 6) is -0.0626. The van der Waals surface area contributed by atoms with Gasteiger partial charge < -0.3 is 14.8 Å². The Kier molecular flexibility index (Phi) is 7.96. The number of anilines is 1. The lowest BCUT2D eigenvalue weighted by molar-refractivity contribution is -0.140. The molecule has 1 saturated carbocycles. The number of hydrogen-bond donors (Lipinski definition) is 2. The number of nitrogens with zero attached hydrogens (tertiary/aromatic N) is 4. The quantitative estimate of drug-likeness (QED) is 0.360. The Bertz CT molecular complexity index is 1450. The van der Waals surface area contributed by atoms with Crippen molar-refractivity contribution in [2.45, 2.75) is 51.3 Å². The van der Waals surface area contributed by atoms with Gasteiger partial charge in [-0.05, 0) is 44.7 Å². The molecule has 5 rings (SSSR count). The molecule has 4 heterocycles. The molecule has 1 aliphatic carbocycles. The summed E-state index contributed by atoms with van der Waals surface area (Å²) >= 11 is 0.806. The molecule has 14 heteroatoms. The number of thiazole rings is 1. The van der Waals surface area contributed by atoms with Crippen LogP contribution < -0.4 is 15.4 Å². The van der Waals surface area contributed by atoms with E-state index < -0.39 is 23.9 Å². The molecule has 1 fully saturated rings. The molecule has 0 spiro atoms. The van der Waals surface area contributed by atoms with Crippen molar-refractivity contribution in [1.82, 2.24) is 20.3 Å². The predicted molar refractivity (Wildman–Crippen MR) is 141 cm³/mol. The van der Waals surface area contributed by atoms with E-state index in [1.165, 1.54) is 18.5 Å². The van der Waals surface area contributed by atoms with Crippen LogP contribution in [0.15, 0.2) is 34.9 Å². The third-order valence-electron chi connectivity index (χ3n) is 6.29. The Balaban J connectivity index is 1.63. The largest absolute Gasteiger partial charge is 0.474 e. The van der Waals surface area contributed by atoms with Gasteiger partial charge in [-0.3, -0.25) is 5.32 Å². The summed E-state index contributed by atoms with van der Waals surface area (Å²) in [5.41, 5.74) is 0.410. The van der Waals surface area contributed by atoms with E-state index in [9.17, 15) is 22.8 Å². The van der Waals surface area contributed by atoms with Crippen LogP contribution in [0.5, 0.6) is 5.88 Å². The molecular formula is C26H25F3N6O4S. The number of carbonyl (C=O) groups is 2. The monoisotopic (exact) mass is 574 g/mol. The van der Waals surface area contributed by atoms with Crippen molar-refractivity contribution in [1.29, 1.82) is 0 Å². The third-order valence-corrected chi connectivity index (χ3v) is 7.16. The molecule has 1 aliphatic heterocycles. The van der Waals surface area contributed by atoms with Gasteiger partial charge in [-0.25, -0.2) is 29.5 Å². The normalized spacial score (nSPS) is 15.9. The number of halogens is 3. The van der Waals surface area contributed by atoms with E-state index in [1.807, 2.05) is 0 Å². The van der Waals surface area contributed by atoms with E-state index in [0.29, 0.717) is 23.2 Å². The highest BCUT2D eigenvalue weighted by molar-refractivity contribution is 7.13. The van der Waals surface area contributed by atoms with E-state index in [4.69, 9.17) is 9.47 Å². The number of aliphatic imine (C=N–C) groups is 1. The fraction of sp³-hybridized carbons (Fsp3) is 0.385. The Morgan fingerprint density at radius 1 is 1.12 bits per heavy atom. The lowest BCUT2D eigenvalue weighted by Gasteiger charge is -2.24. The molecule has 0 unspecified atom stereocenters. The lowest BCUT2D eigenvalue weighted by atomic mass is 9.97. The van der Waals surface area contributed by atoms with Crippen molar-refractivity contribution in [2.24, 2.45) is 4.99 Å². The topological polar surface area (TPSA) is 128 Å². The van der Waals surface area contributed by atoms with Gasteiger partial charge in [0.25, 0.3) is 0 Å². The molecule has 0 atom stereocenters. The van der Waals surface area contributed by atoms with Crippen LogP contribution in [0.3, 0.4) is 0 Å². The molecule has 2 amide bonds. The van der Waals surface area contributed by atoms with Crippen LogP contribution in [-0.2, 0) is 15.7 Å². The molecule has 0 saturated heterocycles. The molecule has 3 aromatic rings. The smallest absolute Gasteiger partial charge is 0.434 e. The summed E-state index contributed by atoms with van der Waals surface area (Å²) in [7, 11) is 0. The highest BCUT2D eigenvalue weighted by Gasteiger charge is 2.34. The summed E-state index contributed by atoms with van der Waals surface area (Å²) in [4.78, 5) is 40.6. The van der Waals surface area contributed by atoms with Gasteiger partial charge in [0.2, 0.25) is 11.8 Å². The van der Waals surface area contributed by atoms with Gasteiger partial charge >= 0.3 is 18.2 Å². The summed E-state index contributed by atoms with van der Waals surface area (Å²) in [6.45, 7) is 1.99. The van der Waals surface area contributed by atoms with Crippen LogP contribution in [0.2, 0.25) is 0 Å². The molecule has 210 valence electrons. The molecule has 3 aromatic heterocycles. The Labute approximate surface area is 231 Å². The number of esters is 1. The number of nitrogens with one attached hydrogen (secondary N) is 2. The Morgan fingerprint density at radius 3 is 2.60 bits per heavy atom. The number of ether oxygens (including phenoxy) is 2. The van der Waals surface area contributed by atoms with Crippen LogP contribution in [0.4, 0.5) is 23.8 Å². The van der Waals surface area contributed by atoms with Gasteiger partial charge in [0.15, 0.2) is 5.69 Å². The number of aromatic nitrogens is 3. The summed E-state index contributed by atoms with van der Waals surface area (Å²) in [6.07, 6.45) is 3.00. The number of amides is 2. The van der Waals surface area contributed by atoms with Crippen molar-refractivity contribution < 1.29 is 32.2 Å². The summed E-state index contributed by atoms with van der Waals surface area (Å²) in [5, 5.41) is 6.15. The van der Waals surface area contributed by atoms with Crippen LogP contribution >= 0.6 is 11.3 Å². The zero-order chi connectivity index (χ0) is 28.3. The number of pyridine rings is 2. The number of alkyl halides is 3. The Hall–Kier alpha value is -4.07. The SMILES string of the molecule is CCNC(=O)Nc1cc(-c2nc(C(F)(F)F)cs2)c(-c2cc(C3=NCC(=O)O3)cnc2OC2CCCCC2)cn1. The van der Waals surface area contributed by atoms with Crippen molar-refractivity contribution >= 4 is 35.1 Å². The van der Waals surface area contributed by atoms with Gasteiger partial charge in [0.05, 0.1) is 5.56 Å². The fourth-order valence-corrected chi connectivity index (χ4v) is 5.28. The summed E-state index contributed by atoms with van der Waals surface area (Å²) < 4.78 is 51.8. The van der Waals surface area contributed by atoms with E-state index >= 15 is 0 Å². The molecule has 10 nitrogen and oxygen atoms in total. The first kappa shape index (κ1) is 27.5. The minimum atomic E-state index is -4.63. The first-order valence-electron chi connectivity index (χ1n) is 12.7. The first-order chi connectivity index (χ1) is 19.2. The summed E-state index contributed by atoms with van der Waals surface area (Å²) in [6, 6.07) is 2.58. The van der Waals surface area contributed by atoms with Crippen LogP contribution in [-0.4, -0.2) is 52.0 Å². The molecule has 40 heavy (non-hydrogen) atoms. The average molecular weight is 575 g/mol. The van der Waals surface area contributed by atoms with Crippen LogP contribution in [0, 0.1) is 0 Å². The molecule has 0 radical (unpaired) electrons. The number of urea groups is 1. The molecule has 2 aliphatic rings. The molecule has 0 bridgehead atoms. The highest BCUT2D eigenvalue weighted by Crippen LogP contribution is 2.41. The van der Waals surface area contributed by atoms with E-state index in [-0.39, 0.29) is 40.8 Å². The van der Waals surface area contributed by atoms with Gasteiger partial charge in [-0.2, -0.15) is 13.2 Å². The van der Waals surface area contributed by atoms with Crippen molar-refractivity contribution in [3.63, 3.8) is 0 Å². The van der Waals surface area contributed by atoms with Gasteiger partial charge in [0.1, 0.15) is 23.5 Å². The maximum absolute atomic E-state index is 13.4. The average Bonchev–Trinajstić information content (AvgIpc) is 3.60. The fourth-order valence-electron chi connectivity index (χ4n) is 4.42. The second-order valence-corrected chi connectivity index (χ2v) is 10.0. The van der Waals surface area contributed by atoms with Gasteiger partial charge in [-0.1, -0.05) is 6.42 Å². The molecule has 2 N–H and O–H groups in total. The van der Waals surface area contributed by atoms with Crippen molar-refractivity contribution in [3.8, 4) is 27.6 Å². The number of hydrogen-bond acceptors (Lipinski definition) is 9. The van der Waals surface area contributed by atoms with E-state index in [2.05, 4.69) is 30.6 Å². The molecular weight excluding hydrogens is 549 g/mol. The van der Waals surface area contributed by atoms with E-state index in [0.717, 1.165) is 48.8 Å². The number of rotatable bonds is 7. The van der Waals surface area contributed by atoms with Crippen molar-refractivity contribution in [3.05, 3.63) is 41.2 Å². The minimum Gasteiger partial charge on any atom is -0.474 e. The predicted octanol–water partition coefficient (Wildman–Crippen LogP) is 5.44. The lowest BCUT2D eigenvalue weighted by Crippen LogP contribution is -2.28. The van der Waals surface area contributed by atoms with Crippen LogP contribution in [0.25, 0.3) is 21.7 Å². The number of carbonyl (C=O) groups excluding carboxylic acids is 2. The third kappa shape index (κ3) is 6.22. The Morgan fingerprint density at radius 2 is 1.93 bits per heavy atom. The second-order valence-electron chi connectivity index (χ2n) is 9.19. The first-order valence-corrected chi connectivity index (χ1v) is 13.6. The highest BCUT2D eigenvalue weighted by atomic mass is 32.1. The minimum absolute atomic E-state index is 0.0577. The maximum Gasteiger partial charge on any atom is 0.434 e. The zero-order valence-corrected chi connectivity index (χ0v) is 22.2.